The third-order valence-corrected chi connectivity index (χ3v) is 4.54. The number of hydrogen-bond acceptors (Lipinski definition) is 5. The topological polar surface area (TPSA) is 81.7 Å². The number of nitrogens with one attached hydrogen (secondary N) is 1. The molecule has 2 heterocycles. The third-order valence-electron chi connectivity index (χ3n) is 4.54. The molecular weight excluding hydrogens is 389 g/mol. The molecule has 1 atom stereocenters. The number of carbonyl (C=O) groups excluding carboxylic acids is 1. The zero-order valence-corrected chi connectivity index (χ0v) is 16.1. The van der Waals surface area contributed by atoms with Crippen molar-refractivity contribution in [1.29, 1.82) is 0 Å². The van der Waals surface area contributed by atoms with Crippen LogP contribution in [0.2, 0.25) is 0 Å². The number of rotatable bonds is 6. The number of hydrogen-bond donors (Lipinski definition) is 1. The Bertz CT molecular complexity index is 1230. The van der Waals surface area contributed by atoms with Gasteiger partial charge in [0.05, 0.1) is 11.6 Å². The highest BCUT2D eigenvalue weighted by atomic mass is 19.1. The van der Waals surface area contributed by atoms with Crippen molar-refractivity contribution in [3.8, 4) is 17.3 Å². The minimum atomic E-state index is -0.979. The molecule has 0 saturated heterocycles. The van der Waals surface area contributed by atoms with Crippen LogP contribution in [0, 0.1) is 5.82 Å². The lowest BCUT2D eigenvalue weighted by atomic mass is 10.1. The highest BCUT2D eigenvalue weighted by Gasteiger charge is 2.26. The second kappa shape index (κ2) is 8.24. The van der Waals surface area contributed by atoms with Gasteiger partial charge >= 0.3 is 0 Å². The number of fused-ring (bicyclic) bond motifs is 1. The maximum atomic E-state index is 13.1. The first-order valence-corrected chi connectivity index (χ1v) is 9.39. The Morgan fingerprint density at radius 3 is 2.57 bits per heavy atom. The van der Waals surface area contributed by atoms with Crippen LogP contribution in [-0.2, 0) is 4.79 Å². The summed E-state index contributed by atoms with van der Waals surface area (Å²) in [5.41, 5.74) is 0.390. The van der Waals surface area contributed by atoms with Gasteiger partial charge < -0.3 is 18.9 Å². The summed E-state index contributed by atoms with van der Waals surface area (Å²) in [4.78, 5) is 25.8. The van der Waals surface area contributed by atoms with E-state index in [2.05, 4.69) is 5.32 Å². The van der Waals surface area contributed by atoms with Crippen LogP contribution in [0.4, 0.5) is 10.1 Å². The van der Waals surface area contributed by atoms with Crippen molar-refractivity contribution < 1.29 is 22.8 Å². The SMILES string of the molecule is CCC(Oc1c(-c2ccco2)oc2ccccc2c1=O)C(=O)Nc1ccc(F)cc1. The Hall–Kier alpha value is -3.87. The molecule has 2 aromatic heterocycles. The molecule has 0 bridgehead atoms. The Morgan fingerprint density at radius 1 is 1.10 bits per heavy atom. The molecule has 0 aliphatic rings. The van der Waals surface area contributed by atoms with Crippen molar-refractivity contribution in [2.24, 2.45) is 0 Å². The van der Waals surface area contributed by atoms with E-state index in [1.54, 1.807) is 43.3 Å². The molecule has 1 amide bonds. The van der Waals surface area contributed by atoms with Crippen LogP contribution in [0.1, 0.15) is 13.3 Å². The van der Waals surface area contributed by atoms with E-state index in [4.69, 9.17) is 13.6 Å². The van der Waals surface area contributed by atoms with Crippen LogP contribution in [0.3, 0.4) is 0 Å². The summed E-state index contributed by atoms with van der Waals surface area (Å²) in [5.74, 6) is -0.571. The Balaban J connectivity index is 1.71. The number of para-hydroxylation sites is 1. The van der Waals surface area contributed by atoms with Gasteiger partial charge in [-0.15, -0.1) is 0 Å². The Morgan fingerprint density at radius 2 is 1.87 bits per heavy atom. The van der Waals surface area contributed by atoms with Crippen LogP contribution in [-0.4, -0.2) is 12.0 Å². The molecule has 0 spiro atoms. The molecule has 0 aliphatic carbocycles. The van der Waals surface area contributed by atoms with Crippen molar-refractivity contribution in [1.82, 2.24) is 0 Å². The highest BCUT2D eigenvalue weighted by Crippen LogP contribution is 2.32. The maximum Gasteiger partial charge on any atom is 0.265 e. The van der Waals surface area contributed by atoms with E-state index in [0.717, 1.165) is 0 Å². The molecule has 0 fully saturated rings. The molecule has 6 nitrogen and oxygen atoms in total. The molecule has 1 unspecified atom stereocenters. The summed E-state index contributed by atoms with van der Waals surface area (Å²) >= 11 is 0. The number of anilines is 1. The van der Waals surface area contributed by atoms with Crippen molar-refractivity contribution in [2.75, 3.05) is 5.32 Å². The van der Waals surface area contributed by atoms with Gasteiger partial charge in [0.15, 0.2) is 11.9 Å². The molecule has 152 valence electrons. The average molecular weight is 407 g/mol. The largest absolute Gasteiger partial charge is 0.473 e. The Kier molecular flexibility index (Phi) is 5.34. The second-order valence-corrected chi connectivity index (χ2v) is 6.57. The number of carbonyl (C=O) groups is 1. The van der Waals surface area contributed by atoms with Gasteiger partial charge in [-0.25, -0.2) is 4.39 Å². The number of furan rings is 1. The van der Waals surface area contributed by atoms with Gasteiger partial charge in [-0.05, 0) is 55.0 Å². The van der Waals surface area contributed by atoms with Gasteiger partial charge in [-0.2, -0.15) is 0 Å². The van der Waals surface area contributed by atoms with Crippen LogP contribution >= 0.6 is 0 Å². The van der Waals surface area contributed by atoms with Crippen molar-refractivity contribution >= 4 is 22.6 Å². The summed E-state index contributed by atoms with van der Waals surface area (Å²) in [6, 6.07) is 15.4. The first kappa shape index (κ1) is 19.4. The lowest BCUT2D eigenvalue weighted by Crippen LogP contribution is -2.34. The van der Waals surface area contributed by atoms with E-state index in [-0.39, 0.29) is 17.9 Å². The molecular formula is C23H18FNO5. The molecule has 0 radical (unpaired) electrons. The van der Waals surface area contributed by atoms with Gasteiger partial charge in [0.25, 0.3) is 5.91 Å². The molecule has 30 heavy (non-hydrogen) atoms. The van der Waals surface area contributed by atoms with E-state index in [1.165, 1.54) is 30.5 Å². The van der Waals surface area contributed by atoms with Gasteiger partial charge in [-0.1, -0.05) is 19.1 Å². The smallest absolute Gasteiger partial charge is 0.265 e. The zero-order valence-electron chi connectivity index (χ0n) is 16.1. The molecule has 2 aromatic carbocycles. The van der Waals surface area contributed by atoms with Gasteiger partial charge in [-0.3, -0.25) is 9.59 Å². The molecule has 0 aliphatic heterocycles. The van der Waals surface area contributed by atoms with Gasteiger partial charge in [0.2, 0.25) is 16.9 Å². The van der Waals surface area contributed by atoms with Crippen molar-refractivity contribution in [3.63, 3.8) is 0 Å². The molecule has 4 aromatic rings. The predicted molar refractivity (Wildman–Crippen MR) is 110 cm³/mol. The summed E-state index contributed by atoms with van der Waals surface area (Å²) in [5, 5.41) is 2.99. The van der Waals surface area contributed by atoms with Gasteiger partial charge in [0, 0.05) is 5.69 Å². The van der Waals surface area contributed by atoms with Crippen LogP contribution in [0.15, 0.2) is 80.6 Å². The maximum absolute atomic E-state index is 13.1. The van der Waals surface area contributed by atoms with E-state index in [9.17, 15) is 14.0 Å². The number of halogens is 1. The lowest BCUT2D eigenvalue weighted by Gasteiger charge is -2.18. The highest BCUT2D eigenvalue weighted by molar-refractivity contribution is 5.94. The molecule has 7 heteroatoms. The van der Waals surface area contributed by atoms with E-state index in [1.807, 2.05) is 0 Å². The first-order valence-electron chi connectivity index (χ1n) is 9.39. The van der Waals surface area contributed by atoms with Crippen LogP contribution < -0.4 is 15.5 Å². The minimum Gasteiger partial charge on any atom is -0.473 e. The minimum absolute atomic E-state index is 0.107. The number of benzene rings is 2. The normalized spacial score (nSPS) is 11.9. The molecule has 1 N–H and O–H groups in total. The summed E-state index contributed by atoms with van der Waals surface area (Å²) in [7, 11) is 0. The Labute approximate surface area is 170 Å². The van der Waals surface area contributed by atoms with Crippen LogP contribution in [0.5, 0.6) is 5.75 Å². The average Bonchev–Trinajstić information content (AvgIpc) is 3.29. The van der Waals surface area contributed by atoms with Crippen molar-refractivity contribution in [3.05, 3.63) is 83.0 Å². The number of ether oxygens (including phenoxy) is 1. The second-order valence-electron chi connectivity index (χ2n) is 6.57. The third kappa shape index (κ3) is 3.82. The quantitative estimate of drug-likeness (QED) is 0.487. The van der Waals surface area contributed by atoms with E-state index < -0.39 is 23.3 Å². The molecule has 4 rings (SSSR count). The van der Waals surface area contributed by atoms with Gasteiger partial charge in [0.1, 0.15) is 11.4 Å². The standard InChI is InChI=1S/C23H18FNO5/c1-2-17(23(27)25-15-11-9-14(24)10-12-15)29-22-20(26)16-6-3-4-7-18(16)30-21(22)19-8-5-13-28-19/h3-13,17H,2H2,1H3,(H,25,27). The lowest BCUT2D eigenvalue weighted by molar-refractivity contribution is -0.122. The predicted octanol–water partition coefficient (Wildman–Crippen LogP) is 4.99. The first-order chi connectivity index (χ1) is 14.6. The van der Waals surface area contributed by atoms with E-state index in [0.29, 0.717) is 22.4 Å². The van der Waals surface area contributed by atoms with Crippen molar-refractivity contribution in [2.45, 2.75) is 19.4 Å². The van der Waals surface area contributed by atoms with Crippen LogP contribution in [0.25, 0.3) is 22.5 Å². The zero-order chi connectivity index (χ0) is 21.1. The summed E-state index contributed by atoms with van der Waals surface area (Å²) < 4.78 is 30.2. The number of amides is 1. The fourth-order valence-electron chi connectivity index (χ4n) is 3.02. The fraction of sp³-hybridized carbons (Fsp3) is 0.130. The summed E-state index contributed by atoms with van der Waals surface area (Å²) in [6.07, 6.45) is 0.761. The fourth-order valence-corrected chi connectivity index (χ4v) is 3.02. The summed E-state index contributed by atoms with van der Waals surface area (Å²) in [6.45, 7) is 1.75. The van der Waals surface area contributed by atoms with E-state index >= 15 is 0 Å². The molecule has 0 saturated carbocycles. The monoisotopic (exact) mass is 407 g/mol.